The molecule has 0 spiro atoms. The molecular formula is C18H16ClN3O2S2. The Bertz CT molecular complexity index is 909. The maximum atomic E-state index is 12.4. The van der Waals surface area contributed by atoms with Crippen LogP contribution in [0.5, 0.6) is 0 Å². The molecule has 26 heavy (non-hydrogen) atoms. The quantitative estimate of drug-likeness (QED) is 0.622. The molecule has 0 radical (unpaired) electrons. The van der Waals surface area contributed by atoms with E-state index in [0.717, 1.165) is 10.4 Å². The second kappa shape index (κ2) is 8.44. The number of rotatable bonds is 6. The Morgan fingerprint density at radius 1 is 1.19 bits per heavy atom. The molecule has 0 fully saturated rings. The first-order chi connectivity index (χ1) is 12.5. The monoisotopic (exact) mass is 405 g/mol. The maximum Gasteiger partial charge on any atom is 0.228 e. The first-order valence-corrected chi connectivity index (χ1v) is 9.97. The fourth-order valence-corrected chi connectivity index (χ4v) is 4.17. The van der Waals surface area contributed by atoms with Gasteiger partial charge in [-0.15, -0.1) is 22.7 Å². The third-order valence-corrected chi connectivity index (χ3v) is 5.63. The van der Waals surface area contributed by atoms with Crippen molar-refractivity contribution in [2.75, 3.05) is 5.32 Å². The molecule has 0 aliphatic heterocycles. The van der Waals surface area contributed by atoms with E-state index in [1.807, 2.05) is 41.1 Å². The minimum absolute atomic E-state index is 0.140. The van der Waals surface area contributed by atoms with Gasteiger partial charge in [-0.1, -0.05) is 35.9 Å². The van der Waals surface area contributed by atoms with Crippen LogP contribution in [0.15, 0.2) is 47.2 Å². The van der Waals surface area contributed by atoms with Gasteiger partial charge in [0.2, 0.25) is 11.8 Å². The minimum Gasteiger partial charge on any atom is -0.348 e. The van der Waals surface area contributed by atoms with E-state index in [0.29, 0.717) is 15.8 Å². The lowest BCUT2D eigenvalue weighted by Crippen LogP contribution is -2.29. The van der Waals surface area contributed by atoms with Crippen LogP contribution in [0.3, 0.4) is 0 Å². The van der Waals surface area contributed by atoms with Crippen LogP contribution in [0, 0.1) is 0 Å². The summed E-state index contributed by atoms with van der Waals surface area (Å²) in [5, 5.41) is 10.5. The van der Waals surface area contributed by atoms with Gasteiger partial charge >= 0.3 is 0 Å². The van der Waals surface area contributed by atoms with Gasteiger partial charge in [0.05, 0.1) is 18.2 Å². The molecule has 1 aromatic carbocycles. The molecule has 8 heteroatoms. The predicted octanol–water partition coefficient (Wildman–Crippen LogP) is 4.73. The lowest BCUT2D eigenvalue weighted by molar-refractivity contribution is -0.120. The number of aromatic nitrogens is 1. The number of carbonyl (C=O) groups is 2. The van der Waals surface area contributed by atoms with Crippen LogP contribution in [0.25, 0.3) is 11.3 Å². The van der Waals surface area contributed by atoms with E-state index in [-0.39, 0.29) is 24.3 Å². The van der Waals surface area contributed by atoms with Crippen molar-refractivity contribution in [1.82, 2.24) is 10.3 Å². The zero-order valence-electron chi connectivity index (χ0n) is 13.9. The van der Waals surface area contributed by atoms with Gasteiger partial charge in [0, 0.05) is 27.8 Å². The van der Waals surface area contributed by atoms with Crippen LogP contribution < -0.4 is 10.6 Å². The Hall–Kier alpha value is -2.22. The van der Waals surface area contributed by atoms with Crippen LogP contribution in [0.2, 0.25) is 5.02 Å². The zero-order valence-corrected chi connectivity index (χ0v) is 16.3. The highest BCUT2D eigenvalue weighted by molar-refractivity contribution is 7.14. The summed E-state index contributed by atoms with van der Waals surface area (Å²) in [7, 11) is 0. The topological polar surface area (TPSA) is 71.1 Å². The summed E-state index contributed by atoms with van der Waals surface area (Å²) >= 11 is 9.02. The standard InChI is InChI=1S/C18H16ClN3O2S2/c1-11(23)20-14(16-7-4-8-25-16)9-17(24)22-18-21-15(10-26-18)12-5-2-3-6-13(12)19/h2-8,10,14H,9H2,1H3,(H,20,23)(H,21,22,24)/t14-/m0/s1. The summed E-state index contributed by atoms with van der Waals surface area (Å²) in [4.78, 5) is 29.2. The van der Waals surface area contributed by atoms with Gasteiger partial charge in [0.15, 0.2) is 5.13 Å². The summed E-state index contributed by atoms with van der Waals surface area (Å²) < 4.78 is 0. The molecular weight excluding hydrogens is 390 g/mol. The fraction of sp³-hybridized carbons (Fsp3) is 0.167. The van der Waals surface area contributed by atoms with Crippen molar-refractivity contribution in [2.24, 2.45) is 0 Å². The van der Waals surface area contributed by atoms with Gasteiger partial charge in [-0.05, 0) is 17.5 Å². The van der Waals surface area contributed by atoms with E-state index in [1.54, 1.807) is 6.07 Å². The summed E-state index contributed by atoms with van der Waals surface area (Å²) in [5.74, 6) is -0.385. The molecule has 0 aliphatic carbocycles. The minimum atomic E-state index is -0.351. The van der Waals surface area contributed by atoms with Crippen LogP contribution in [0.1, 0.15) is 24.3 Å². The van der Waals surface area contributed by atoms with Gasteiger partial charge in [0.1, 0.15) is 0 Å². The zero-order chi connectivity index (χ0) is 18.5. The molecule has 0 saturated heterocycles. The van der Waals surface area contributed by atoms with Crippen molar-refractivity contribution in [2.45, 2.75) is 19.4 Å². The highest BCUT2D eigenvalue weighted by atomic mass is 35.5. The van der Waals surface area contributed by atoms with Crippen LogP contribution in [-0.4, -0.2) is 16.8 Å². The molecule has 3 rings (SSSR count). The van der Waals surface area contributed by atoms with Crippen molar-refractivity contribution in [3.63, 3.8) is 0 Å². The molecule has 0 unspecified atom stereocenters. The number of anilines is 1. The number of amides is 2. The molecule has 2 N–H and O–H groups in total. The fourth-order valence-electron chi connectivity index (χ4n) is 2.44. The first-order valence-electron chi connectivity index (χ1n) is 7.83. The SMILES string of the molecule is CC(=O)N[C@@H](CC(=O)Nc1nc(-c2ccccc2Cl)cs1)c1cccs1. The molecule has 0 aliphatic rings. The molecule has 2 aromatic heterocycles. The Kier molecular flexibility index (Phi) is 6.03. The van der Waals surface area contributed by atoms with E-state index in [9.17, 15) is 9.59 Å². The smallest absolute Gasteiger partial charge is 0.228 e. The van der Waals surface area contributed by atoms with E-state index >= 15 is 0 Å². The molecule has 2 amide bonds. The molecule has 3 aromatic rings. The van der Waals surface area contributed by atoms with E-state index in [4.69, 9.17) is 11.6 Å². The molecule has 1 atom stereocenters. The second-order valence-electron chi connectivity index (χ2n) is 5.54. The summed E-state index contributed by atoms with van der Waals surface area (Å²) in [6, 6.07) is 10.9. The Morgan fingerprint density at radius 3 is 2.69 bits per heavy atom. The summed E-state index contributed by atoms with van der Waals surface area (Å²) in [5.41, 5.74) is 1.54. The molecule has 2 heterocycles. The summed E-state index contributed by atoms with van der Waals surface area (Å²) in [6.07, 6.45) is 0.140. The van der Waals surface area contributed by atoms with Gasteiger partial charge in [-0.3, -0.25) is 9.59 Å². The number of carbonyl (C=O) groups excluding carboxylic acids is 2. The number of hydrogen-bond donors (Lipinski definition) is 2. The molecule has 0 bridgehead atoms. The van der Waals surface area contributed by atoms with Crippen molar-refractivity contribution in [1.29, 1.82) is 0 Å². The highest BCUT2D eigenvalue weighted by Gasteiger charge is 2.19. The Morgan fingerprint density at radius 2 is 2.00 bits per heavy atom. The number of halogens is 1. The summed E-state index contributed by atoms with van der Waals surface area (Å²) in [6.45, 7) is 1.44. The number of nitrogens with zero attached hydrogens (tertiary/aromatic N) is 1. The Balaban J connectivity index is 1.68. The number of thiophene rings is 1. The van der Waals surface area contributed by atoms with Crippen molar-refractivity contribution in [3.8, 4) is 11.3 Å². The molecule has 0 saturated carbocycles. The molecule has 5 nitrogen and oxygen atoms in total. The van der Waals surface area contributed by atoms with Crippen molar-refractivity contribution < 1.29 is 9.59 Å². The lowest BCUT2D eigenvalue weighted by atomic mass is 10.1. The normalized spacial score (nSPS) is 11.8. The predicted molar refractivity (Wildman–Crippen MR) is 107 cm³/mol. The van der Waals surface area contributed by atoms with E-state index < -0.39 is 0 Å². The number of nitrogens with one attached hydrogen (secondary N) is 2. The van der Waals surface area contributed by atoms with E-state index in [2.05, 4.69) is 15.6 Å². The highest BCUT2D eigenvalue weighted by Crippen LogP contribution is 2.30. The molecule has 134 valence electrons. The van der Waals surface area contributed by atoms with Crippen molar-refractivity contribution in [3.05, 3.63) is 57.1 Å². The maximum absolute atomic E-state index is 12.4. The van der Waals surface area contributed by atoms with Crippen LogP contribution in [-0.2, 0) is 9.59 Å². The average molecular weight is 406 g/mol. The number of thiazole rings is 1. The van der Waals surface area contributed by atoms with Crippen molar-refractivity contribution >= 4 is 51.2 Å². The Labute approximate surface area is 164 Å². The number of hydrogen-bond acceptors (Lipinski definition) is 5. The second-order valence-corrected chi connectivity index (χ2v) is 7.78. The number of benzene rings is 1. The van der Waals surface area contributed by atoms with Gasteiger partial charge in [-0.25, -0.2) is 4.98 Å². The van der Waals surface area contributed by atoms with Gasteiger partial charge in [0.25, 0.3) is 0 Å². The van der Waals surface area contributed by atoms with Crippen LogP contribution >= 0.6 is 34.3 Å². The lowest BCUT2D eigenvalue weighted by Gasteiger charge is -2.15. The van der Waals surface area contributed by atoms with Gasteiger partial charge < -0.3 is 10.6 Å². The van der Waals surface area contributed by atoms with E-state index in [1.165, 1.54) is 29.6 Å². The largest absolute Gasteiger partial charge is 0.348 e. The average Bonchev–Trinajstić information content (AvgIpc) is 3.26. The third kappa shape index (κ3) is 4.69. The third-order valence-electron chi connectivity index (χ3n) is 3.55. The first kappa shape index (κ1) is 18.6. The van der Waals surface area contributed by atoms with Crippen LogP contribution in [0.4, 0.5) is 5.13 Å². The van der Waals surface area contributed by atoms with Gasteiger partial charge in [-0.2, -0.15) is 0 Å².